The minimum atomic E-state index is -2.52. The van der Waals surface area contributed by atoms with Gasteiger partial charge in [0.1, 0.15) is 0 Å². The fourth-order valence-corrected chi connectivity index (χ4v) is 25.5. The monoisotopic (exact) mass is 412 g/mol. The molecular formula is C12H36N4O4Si4. The van der Waals surface area contributed by atoms with E-state index in [0.29, 0.717) is 50.4 Å². The first-order chi connectivity index (χ1) is 11.1. The molecule has 1 rings (SSSR count). The zero-order chi connectivity index (χ0) is 18.5. The topological polar surface area (TPSA) is 141 Å². The average molecular weight is 413 g/mol. The number of nitrogens with two attached hydrogens (primary N) is 4. The number of hydrogen-bond acceptors (Lipinski definition) is 8. The van der Waals surface area contributed by atoms with E-state index < -0.39 is 34.2 Å². The van der Waals surface area contributed by atoms with Gasteiger partial charge < -0.3 is 39.4 Å². The second-order valence-electron chi connectivity index (χ2n) is 7.10. The molecule has 0 amide bonds. The molecule has 144 valence electrons. The minimum Gasteiger partial charge on any atom is -0.416 e. The molecule has 0 spiro atoms. The molecule has 0 unspecified atom stereocenters. The van der Waals surface area contributed by atoms with Crippen molar-refractivity contribution in [3.8, 4) is 0 Å². The third-order valence-electron chi connectivity index (χ3n) is 4.12. The van der Waals surface area contributed by atoms with Crippen molar-refractivity contribution in [2.45, 2.75) is 50.4 Å². The Morgan fingerprint density at radius 3 is 0.750 bits per heavy atom. The van der Waals surface area contributed by atoms with Crippen LogP contribution in [0.5, 0.6) is 0 Å². The summed E-state index contributed by atoms with van der Waals surface area (Å²) in [6, 6.07) is 2.81. The van der Waals surface area contributed by atoms with Gasteiger partial charge in [-0.1, -0.05) is 0 Å². The Balaban J connectivity index is 3.24. The van der Waals surface area contributed by atoms with Crippen LogP contribution >= 0.6 is 0 Å². The van der Waals surface area contributed by atoms with E-state index in [9.17, 15) is 0 Å². The highest BCUT2D eigenvalue weighted by molar-refractivity contribution is 6.94. The molecule has 1 heterocycles. The summed E-state index contributed by atoms with van der Waals surface area (Å²) in [4.78, 5) is 0. The summed E-state index contributed by atoms with van der Waals surface area (Å²) in [5, 5.41) is 0. The Labute approximate surface area is 150 Å². The van der Waals surface area contributed by atoms with Gasteiger partial charge >= 0.3 is 34.2 Å². The Morgan fingerprint density at radius 1 is 0.458 bits per heavy atom. The smallest absolute Gasteiger partial charge is 0.318 e. The van der Waals surface area contributed by atoms with Gasteiger partial charge in [0.05, 0.1) is 0 Å². The van der Waals surface area contributed by atoms with E-state index in [-0.39, 0.29) is 0 Å². The van der Waals surface area contributed by atoms with Gasteiger partial charge in [-0.3, -0.25) is 0 Å². The molecule has 0 aliphatic carbocycles. The SMILES string of the molecule is C[Si]1(CCN)O[Si](C)(CCN)O[Si](C)(CCN)O[Si](C)(CCN)O1. The van der Waals surface area contributed by atoms with Crippen LogP contribution in [0.25, 0.3) is 0 Å². The number of hydrogen-bond donors (Lipinski definition) is 4. The zero-order valence-corrected chi connectivity index (χ0v) is 19.6. The van der Waals surface area contributed by atoms with E-state index >= 15 is 0 Å². The standard InChI is InChI=1S/C12H36N4O4Si4/c1-21(9-5-13)17-22(2,10-6-14)19-24(4,12-8-16)20-23(3,18-21)11-7-15/h5-16H2,1-4H3. The highest BCUT2D eigenvalue weighted by Gasteiger charge is 2.55. The summed E-state index contributed by atoms with van der Waals surface area (Å²) in [5.41, 5.74) is 23.3. The molecule has 0 aromatic heterocycles. The highest BCUT2D eigenvalue weighted by Crippen LogP contribution is 2.36. The molecule has 12 heteroatoms. The van der Waals surface area contributed by atoms with Gasteiger partial charge in [0.15, 0.2) is 0 Å². The Kier molecular flexibility index (Phi) is 8.44. The third-order valence-corrected chi connectivity index (χ3v) is 22.7. The van der Waals surface area contributed by atoms with Crippen LogP contribution in [0.3, 0.4) is 0 Å². The molecule has 8 nitrogen and oxygen atoms in total. The summed E-state index contributed by atoms with van der Waals surface area (Å²) < 4.78 is 26.4. The van der Waals surface area contributed by atoms with Crippen molar-refractivity contribution in [1.29, 1.82) is 0 Å². The highest BCUT2D eigenvalue weighted by atomic mass is 28.5. The van der Waals surface area contributed by atoms with E-state index in [4.69, 9.17) is 39.4 Å². The van der Waals surface area contributed by atoms with Crippen LogP contribution in [0.4, 0.5) is 0 Å². The second kappa shape index (κ2) is 8.96. The molecule has 0 aromatic rings. The molecule has 1 aliphatic heterocycles. The lowest BCUT2D eigenvalue weighted by atomic mass is 10.8. The molecule has 0 atom stereocenters. The lowest BCUT2D eigenvalue weighted by Crippen LogP contribution is -2.68. The van der Waals surface area contributed by atoms with E-state index in [1.54, 1.807) is 0 Å². The molecule has 0 bridgehead atoms. The van der Waals surface area contributed by atoms with Crippen molar-refractivity contribution < 1.29 is 16.5 Å². The fourth-order valence-electron chi connectivity index (χ4n) is 3.37. The Morgan fingerprint density at radius 2 is 0.625 bits per heavy atom. The molecule has 0 aromatic carbocycles. The van der Waals surface area contributed by atoms with Crippen molar-refractivity contribution in [2.75, 3.05) is 26.2 Å². The van der Waals surface area contributed by atoms with Crippen LogP contribution in [-0.2, 0) is 16.5 Å². The van der Waals surface area contributed by atoms with Crippen molar-refractivity contribution >= 4 is 34.2 Å². The summed E-state index contributed by atoms with van der Waals surface area (Å²) in [5.74, 6) is 0. The van der Waals surface area contributed by atoms with E-state index in [0.717, 1.165) is 0 Å². The molecular weight excluding hydrogens is 377 g/mol. The summed E-state index contributed by atoms with van der Waals surface area (Å²) in [6.07, 6.45) is 0. The molecule has 0 radical (unpaired) electrons. The lowest BCUT2D eigenvalue weighted by molar-refractivity contribution is 0.223. The van der Waals surface area contributed by atoms with Gasteiger partial charge in [-0.2, -0.15) is 0 Å². The van der Waals surface area contributed by atoms with Gasteiger partial charge in [-0.05, 0) is 52.4 Å². The quantitative estimate of drug-likeness (QED) is 0.414. The maximum absolute atomic E-state index is 6.61. The second-order valence-corrected chi connectivity index (χ2v) is 21.4. The van der Waals surface area contributed by atoms with Gasteiger partial charge in [0.25, 0.3) is 0 Å². The van der Waals surface area contributed by atoms with E-state index in [1.165, 1.54) is 0 Å². The number of rotatable bonds is 8. The maximum atomic E-state index is 6.61. The van der Waals surface area contributed by atoms with Crippen LogP contribution in [0, 0.1) is 0 Å². The van der Waals surface area contributed by atoms with Gasteiger partial charge in [-0.25, -0.2) is 0 Å². The third kappa shape index (κ3) is 6.37. The summed E-state index contributed by atoms with van der Waals surface area (Å²) in [6.45, 7) is 10.3. The largest absolute Gasteiger partial charge is 0.416 e. The van der Waals surface area contributed by atoms with Gasteiger partial charge in [0, 0.05) is 24.2 Å². The first kappa shape index (κ1) is 22.6. The van der Waals surface area contributed by atoms with Crippen molar-refractivity contribution in [3.05, 3.63) is 0 Å². The Bertz CT molecular complexity index is 327. The first-order valence-corrected chi connectivity index (χ1v) is 18.8. The van der Waals surface area contributed by atoms with Crippen molar-refractivity contribution in [3.63, 3.8) is 0 Å². The summed E-state index contributed by atoms with van der Waals surface area (Å²) in [7, 11) is -10.1. The first-order valence-electron chi connectivity index (χ1n) is 8.68. The Hall–Kier alpha value is 0.548. The molecule has 1 fully saturated rings. The van der Waals surface area contributed by atoms with Crippen molar-refractivity contribution in [2.24, 2.45) is 22.9 Å². The average Bonchev–Trinajstić information content (AvgIpc) is 2.35. The normalized spacial score (nSPS) is 41.0. The van der Waals surface area contributed by atoms with E-state index in [1.807, 2.05) is 0 Å². The van der Waals surface area contributed by atoms with E-state index in [2.05, 4.69) is 26.2 Å². The van der Waals surface area contributed by atoms with Crippen LogP contribution in [0.1, 0.15) is 0 Å². The zero-order valence-electron chi connectivity index (χ0n) is 15.6. The molecule has 8 N–H and O–H groups in total. The summed E-state index contributed by atoms with van der Waals surface area (Å²) >= 11 is 0. The molecule has 1 saturated heterocycles. The fraction of sp³-hybridized carbons (Fsp3) is 1.00. The van der Waals surface area contributed by atoms with Crippen LogP contribution in [0.2, 0.25) is 50.4 Å². The van der Waals surface area contributed by atoms with Gasteiger partial charge in [-0.15, -0.1) is 0 Å². The van der Waals surface area contributed by atoms with Gasteiger partial charge in [0.2, 0.25) is 0 Å². The maximum Gasteiger partial charge on any atom is 0.318 e. The molecule has 24 heavy (non-hydrogen) atoms. The predicted octanol–water partition coefficient (Wildman–Crippen LogP) is 0.189. The lowest BCUT2D eigenvalue weighted by Gasteiger charge is -2.50. The molecule has 1 aliphatic rings. The minimum absolute atomic E-state index is 0.514. The predicted molar refractivity (Wildman–Crippen MR) is 106 cm³/mol. The van der Waals surface area contributed by atoms with Crippen molar-refractivity contribution in [1.82, 2.24) is 0 Å². The molecule has 0 saturated carbocycles. The van der Waals surface area contributed by atoms with Crippen LogP contribution in [0.15, 0.2) is 0 Å². The van der Waals surface area contributed by atoms with Crippen LogP contribution < -0.4 is 22.9 Å². The van der Waals surface area contributed by atoms with Crippen LogP contribution in [-0.4, -0.2) is 60.4 Å².